The van der Waals surface area contributed by atoms with Gasteiger partial charge in [-0.3, -0.25) is 4.98 Å². The van der Waals surface area contributed by atoms with Gasteiger partial charge in [0, 0.05) is 17.3 Å². The van der Waals surface area contributed by atoms with Crippen molar-refractivity contribution in [2.45, 2.75) is 6.18 Å². The van der Waals surface area contributed by atoms with Crippen molar-refractivity contribution in [3.63, 3.8) is 0 Å². The van der Waals surface area contributed by atoms with Crippen LogP contribution in [0, 0.1) is 11.6 Å². The van der Waals surface area contributed by atoms with Crippen molar-refractivity contribution in [1.29, 1.82) is 0 Å². The summed E-state index contributed by atoms with van der Waals surface area (Å²) < 4.78 is 63.2. The Kier molecular flexibility index (Phi) is 3.02. The number of hydrogen-bond donors (Lipinski definition) is 0. The molecule has 1 aromatic carbocycles. The molecule has 6 heteroatoms. The van der Waals surface area contributed by atoms with Gasteiger partial charge in [0.15, 0.2) is 11.6 Å². The first kappa shape index (κ1) is 12.5. The van der Waals surface area contributed by atoms with Crippen LogP contribution in [0.1, 0.15) is 5.69 Å². The Hall–Kier alpha value is -1.98. The maximum atomic E-state index is 13.4. The SMILES string of the molecule is Fc1cccc(-c2ccc(C(F)(F)F)nc2)c1F. The molecule has 94 valence electrons. The van der Waals surface area contributed by atoms with Crippen molar-refractivity contribution < 1.29 is 22.0 Å². The van der Waals surface area contributed by atoms with Crippen LogP contribution in [-0.2, 0) is 6.18 Å². The van der Waals surface area contributed by atoms with E-state index in [1.807, 2.05) is 0 Å². The molecule has 0 unspecified atom stereocenters. The van der Waals surface area contributed by atoms with E-state index in [-0.39, 0.29) is 11.1 Å². The van der Waals surface area contributed by atoms with Crippen molar-refractivity contribution in [2.24, 2.45) is 0 Å². The number of pyridine rings is 1. The molecule has 18 heavy (non-hydrogen) atoms. The fourth-order valence-electron chi connectivity index (χ4n) is 1.45. The van der Waals surface area contributed by atoms with E-state index in [4.69, 9.17) is 0 Å². The number of alkyl halides is 3. The lowest BCUT2D eigenvalue weighted by Gasteiger charge is -2.07. The minimum atomic E-state index is -4.56. The van der Waals surface area contributed by atoms with Gasteiger partial charge in [0.1, 0.15) is 5.69 Å². The molecular weight excluding hydrogens is 253 g/mol. The molecule has 0 aliphatic rings. The Morgan fingerprint density at radius 3 is 2.22 bits per heavy atom. The van der Waals surface area contributed by atoms with E-state index in [9.17, 15) is 22.0 Å². The van der Waals surface area contributed by atoms with Crippen LogP contribution in [0.2, 0.25) is 0 Å². The van der Waals surface area contributed by atoms with Crippen molar-refractivity contribution in [2.75, 3.05) is 0 Å². The summed E-state index contributed by atoms with van der Waals surface area (Å²) in [6.07, 6.45) is -3.69. The number of aromatic nitrogens is 1. The molecule has 2 rings (SSSR count). The molecule has 2 aromatic rings. The molecule has 0 fully saturated rings. The number of halogens is 5. The molecule has 0 radical (unpaired) electrons. The van der Waals surface area contributed by atoms with E-state index in [1.54, 1.807) is 0 Å². The fourth-order valence-corrected chi connectivity index (χ4v) is 1.45. The molecule has 0 atom stereocenters. The molecule has 0 N–H and O–H groups in total. The molecule has 0 saturated heterocycles. The Labute approximate surface area is 98.9 Å². The summed E-state index contributed by atoms with van der Waals surface area (Å²) in [6.45, 7) is 0. The third kappa shape index (κ3) is 2.32. The van der Waals surface area contributed by atoms with Gasteiger partial charge in [0.2, 0.25) is 0 Å². The minimum Gasteiger partial charge on any atom is -0.251 e. The Morgan fingerprint density at radius 1 is 0.944 bits per heavy atom. The molecular formula is C12H6F5N. The summed E-state index contributed by atoms with van der Waals surface area (Å²) >= 11 is 0. The molecule has 1 nitrogen and oxygen atoms in total. The average molecular weight is 259 g/mol. The molecule has 1 heterocycles. The zero-order chi connectivity index (χ0) is 13.3. The summed E-state index contributed by atoms with van der Waals surface area (Å²) in [5.74, 6) is -2.17. The van der Waals surface area contributed by atoms with Crippen LogP contribution < -0.4 is 0 Å². The topological polar surface area (TPSA) is 12.9 Å². The van der Waals surface area contributed by atoms with Gasteiger partial charge >= 0.3 is 6.18 Å². The van der Waals surface area contributed by atoms with E-state index < -0.39 is 23.5 Å². The van der Waals surface area contributed by atoms with Crippen molar-refractivity contribution in [3.05, 3.63) is 53.9 Å². The van der Waals surface area contributed by atoms with Crippen LogP contribution in [0.15, 0.2) is 36.5 Å². The van der Waals surface area contributed by atoms with Gasteiger partial charge in [-0.1, -0.05) is 18.2 Å². The highest BCUT2D eigenvalue weighted by atomic mass is 19.4. The van der Waals surface area contributed by atoms with Crippen molar-refractivity contribution >= 4 is 0 Å². The Bertz CT molecular complexity index is 560. The highest BCUT2D eigenvalue weighted by molar-refractivity contribution is 5.63. The van der Waals surface area contributed by atoms with E-state index in [2.05, 4.69) is 4.98 Å². The van der Waals surface area contributed by atoms with Gasteiger partial charge in [0.25, 0.3) is 0 Å². The predicted molar refractivity (Wildman–Crippen MR) is 54.6 cm³/mol. The largest absolute Gasteiger partial charge is 0.433 e. The van der Waals surface area contributed by atoms with Crippen LogP contribution in [0.4, 0.5) is 22.0 Å². The first-order valence-electron chi connectivity index (χ1n) is 4.87. The predicted octanol–water partition coefficient (Wildman–Crippen LogP) is 4.05. The van der Waals surface area contributed by atoms with Crippen LogP contribution in [0.3, 0.4) is 0 Å². The maximum Gasteiger partial charge on any atom is 0.433 e. The molecule has 1 aromatic heterocycles. The summed E-state index contributed by atoms with van der Waals surface area (Å²) in [6, 6.07) is 5.23. The van der Waals surface area contributed by atoms with Crippen LogP contribution >= 0.6 is 0 Å². The molecule has 0 aliphatic heterocycles. The van der Waals surface area contributed by atoms with Gasteiger partial charge in [-0.15, -0.1) is 0 Å². The zero-order valence-corrected chi connectivity index (χ0v) is 8.80. The summed E-state index contributed by atoms with van der Waals surface area (Å²) in [5.41, 5.74) is -1.13. The maximum absolute atomic E-state index is 13.4. The molecule has 0 bridgehead atoms. The van der Waals surface area contributed by atoms with Gasteiger partial charge in [-0.05, 0) is 12.1 Å². The molecule has 0 aliphatic carbocycles. The number of nitrogens with zero attached hydrogens (tertiary/aromatic N) is 1. The third-order valence-electron chi connectivity index (χ3n) is 2.32. The second-order valence-corrected chi connectivity index (χ2v) is 3.53. The first-order chi connectivity index (χ1) is 8.39. The average Bonchev–Trinajstić information content (AvgIpc) is 2.32. The quantitative estimate of drug-likeness (QED) is 0.704. The van der Waals surface area contributed by atoms with Gasteiger partial charge < -0.3 is 0 Å². The van der Waals surface area contributed by atoms with Crippen LogP contribution in [0.25, 0.3) is 11.1 Å². The normalized spacial score (nSPS) is 11.6. The second kappa shape index (κ2) is 4.36. The van der Waals surface area contributed by atoms with Gasteiger partial charge in [-0.25, -0.2) is 8.78 Å². The lowest BCUT2D eigenvalue weighted by atomic mass is 10.1. The number of hydrogen-bond acceptors (Lipinski definition) is 1. The highest BCUT2D eigenvalue weighted by Crippen LogP contribution is 2.29. The van der Waals surface area contributed by atoms with E-state index in [0.29, 0.717) is 0 Å². The molecule has 0 spiro atoms. The summed E-state index contributed by atoms with van der Waals surface area (Å²) in [5, 5.41) is 0. The van der Waals surface area contributed by atoms with Crippen molar-refractivity contribution in [3.8, 4) is 11.1 Å². The molecule has 0 saturated carbocycles. The molecule has 0 amide bonds. The minimum absolute atomic E-state index is 0.0833. The Balaban J connectivity index is 2.44. The standard InChI is InChI=1S/C12H6F5N/c13-9-3-1-2-8(11(9)14)7-4-5-10(18-6-7)12(15,16)17/h1-6H. The third-order valence-corrected chi connectivity index (χ3v) is 2.32. The highest BCUT2D eigenvalue weighted by Gasteiger charge is 2.32. The van der Waals surface area contributed by atoms with E-state index >= 15 is 0 Å². The monoisotopic (exact) mass is 259 g/mol. The lowest BCUT2D eigenvalue weighted by Crippen LogP contribution is -2.07. The smallest absolute Gasteiger partial charge is 0.251 e. The lowest BCUT2D eigenvalue weighted by molar-refractivity contribution is -0.141. The fraction of sp³-hybridized carbons (Fsp3) is 0.0833. The number of benzene rings is 1. The van der Waals surface area contributed by atoms with Gasteiger partial charge in [0.05, 0.1) is 0 Å². The van der Waals surface area contributed by atoms with E-state index in [0.717, 1.165) is 24.4 Å². The summed E-state index contributed by atoms with van der Waals surface area (Å²) in [7, 11) is 0. The Morgan fingerprint density at radius 2 is 1.67 bits per heavy atom. The van der Waals surface area contributed by atoms with Crippen LogP contribution in [0.5, 0.6) is 0 Å². The van der Waals surface area contributed by atoms with E-state index in [1.165, 1.54) is 12.1 Å². The van der Waals surface area contributed by atoms with Gasteiger partial charge in [-0.2, -0.15) is 13.2 Å². The number of rotatable bonds is 1. The van der Waals surface area contributed by atoms with Crippen LogP contribution in [-0.4, -0.2) is 4.98 Å². The summed E-state index contributed by atoms with van der Waals surface area (Å²) in [4.78, 5) is 3.18. The van der Waals surface area contributed by atoms with Crippen molar-refractivity contribution in [1.82, 2.24) is 4.98 Å². The zero-order valence-electron chi connectivity index (χ0n) is 8.80. The first-order valence-corrected chi connectivity index (χ1v) is 4.87. The second-order valence-electron chi connectivity index (χ2n) is 3.53.